The summed E-state index contributed by atoms with van der Waals surface area (Å²) < 4.78 is 0.948. The first-order valence-electron chi connectivity index (χ1n) is 7.62. The van der Waals surface area contributed by atoms with Gasteiger partial charge in [-0.25, -0.2) is 0 Å². The summed E-state index contributed by atoms with van der Waals surface area (Å²) in [6, 6.07) is 4.32. The molecule has 144 valence electrons. The van der Waals surface area contributed by atoms with Crippen molar-refractivity contribution < 1.29 is 9.72 Å². The van der Waals surface area contributed by atoms with Crippen molar-refractivity contribution in [3.63, 3.8) is 0 Å². The molecule has 0 fully saturated rings. The highest BCUT2D eigenvalue weighted by molar-refractivity contribution is 7.80. The molecule has 0 aliphatic rings. The first-order chi connectivity index (χ1) is 13.3. The Kier molecular flexibility index (Phi) is 5.24. The quantitative estimate of drug-likeness (QED) is 0.282. The van der Waals surface area contributed by atoms with Crippen molar-refractivity contribution in [1.82, 2.24) is 25.6 Å². The van der Waals surface area contributed by atoms with E-state index in [1.807, 2.05) is 0 Å². The van der Waals surface area contributed by atoms with Gasteiger partial charge in [-0.1, -0.05) is 11.6 Å². The van der Waals surface area contributed by atoms with E-state index in [1.165, 1.54) is 13.2 Å². The van der Waals surface area contributed by atoms with Crippen LogP contribution in [0.25, 0.3) is 10.9 Å². The van der Waals surface area contributed by atoms with Gasteiger partial charge in [0.05, 0.1) is 32.9 Å². The molecule has 0 unspecified atom stereocenters. The van der Waals surface area contributed by atoms with Crippen LogP contribution in [0, 0.1) is 10.1 Å². The number of halogens is 1. The third-order valence-corrected chi connectivity index (χ3v) is 4.33. The molecule has 0 radical (unpaired) electrons. The second kappa shape index (κ2) is 7.62. The summed E-state index contributed by atoms with van der Waals surface area (Å²) in [6.45, 7) is 0. The highest BCUT2D eigenvalue weighted by atomic mass is 35.5. The van der Waals surface area contributed by atoms with Crippen molar-refractivity contribution >= 4 is 57.1 Å². The number of carbonyl (C=O) groups excluding carboxylic acids is 1. The van der Waals surface area contributed by atoms with Crippen molar-refractivity contribution in [1.29, 1.82) is 0 Å². The molecule has 0 atom stereocenters. The number of nitrogens with zero attached hydrogens (tertiary/aromatic N) is 3. The van der Waals surface area contributed by atoms with Crippen molar-refractivity contribution in [2.24, 2.45) is 7.05 Å². The Bertz CT molecular complexity index is 1170. The molecule has 0 aliphatic carbocycles. The third kappa shape index (κ3) is 3.77. The minimum Gasteiger partial charge on any atom is -0.330 e. The van der Waals surface area contributed by atoms with E-state index in [1.54, 1.807) is 18.3 Å². The molecule has 0 spiro atoms. The number of carbonyl (C=O) groups is 1. The van der Waals surface area contributed by atoms with Crippen LogP contribution >= 0.6 is 23.8 Å². The standard InChI is InChI=1S/C15H12ClN7O4S/c1-22-6-7(4-11(14(22)25)23(26)27)13(24)20-21-15(28)18-10-3-2-9-8(12(10)16)5-17-19-9/h2-6H,1H3,(H,17,19)(H,20,24)(H2,18,21,28). The molecule has 11 nitrogen and oxygen atoms in total. The van der Waals surface area contributed by atoms with Crippen LogP contribution < -0.4 is 21.7 Å². The minimum atomic E-state index is -0.854. The molecule has 2 aromatic heterocycles. The van der Waals surface area contributed by atoms with Crippen LogP contribution in [-0.4, -0.2) is 30.7 Å². The second-order valence-electron chi connectivity index (χ2n) is 5.58. The smallest absolute Gasteiger partial charge is 0.330 e. The molecule has 0 saturated carbocycles. The van der Waals surface area contributed by atoms with E-state index < -0.39 is 22.1 Å². The Morgan fingerprint density at radius 1 is 1.39 bits per heavy atom. The highest BCUT2D eigenvalue weighted by Crippen LogP contribution is 2.29. The van der Waals surface area contributed by atoms with E-state index in [0.29, 0.717) is 16.1 Å². The number of fused-ring (bicyclic) bond motifs is 1. The van der Waals surface area contributed by atoms with Gasteiger partial charge >= 0.3 is 11.2 Å². The number of hydrogen-bond acceptors (Lipinski definition) is 6. The fourth-order valence-electron chi connectivity index (χ4n) is 2.37. The zero-order valence-corrected chi connectivity index (χ0v) is 15.7. The summed E-state index contributed by atoms with van der Waals surface area (Å²) in [5.41, 5.74) is 4.36. The molecule has 28 heavy (non-hydrogen) atoms. The van der Waals surface area contributed by atoms with Gasteiger partial charge in [-0.15, -0.1) is 0 Å². The summed E-state index contributed by atoms with van der Waals surface area (Å²) in [6.07, 6.45) is 2.74. The lowest BCUT2D eigenvalue weighted by Crippen LogP contribution is -2.44. The summed E-state index contributed by atoms with van der Waals surface area (Å²) in [7, 11) is 1.31. The lowest BCUT2D eigenvalue weighted by Gasteiger charge is -2.13. The van der Waals surface area contributed by atoms with Gasteiger partial charge in [0, 0.05) is 24.7 Å². The van der Waals surface area contributed by atoms with Crippen molar-refractivity contribution in [2.75, 3.05) is 5.32 Å². The fraction of sp³-hybridized carbons (Fsp3) is 0.0667. The number of aromatic amines is 1. The predicted molar refractivity (Wildman–Crippen MR) is 106 cm³/mol. The van der Waals surface area contributed by atoms with Crippen LogP contribution in [0.3, 0.4) is 0 Å². The maximum atomic E-state index is 12.2. The van der Waals surface area contributed by atoms with Gasteiger partial charge in [0.15, 0.2) is 5.11 Å². The van der Waals surface area contributed by atoms with E-state index in [0.717, 1.165) is 16.2 Å². The Hall–Kier alpha value is -3.51. The van der Waals surface area contributed by atoms with Crippen LogP contribution in [0.15, 0.2) is 35.4 Å². The number of pyridine rings is 1. The average Bonchev–Trinajstić information content (AvgIpc) is 3.13. The number of aryl methyl sites for hydroxylation is 1. The van der Waals surface area contributed by atoms with Crippen LogP contribution in [0.5, 0.6) is 0 Å². The second-order valence-corrected chi connectivity index (χ2v) is 6.36. The van der Waals surface area contributed by atoms with E-state index in [2.05, 4.69) is 26.4 Å². The molecule has 2 heterocycles. The molecular formula is C15H12ClN7O4S. The summed E-state index contributed by atoms with van der Waals surface area (Å²) in [5.74, 6) is -0.723. The average molecular weight is 422 g/mol. The molecule has 3 rings (SSSR count). The topological polar surface area (TPSA) is 147 Å². The van der Waals surface area contributed by atoms with Crippen LogP contribution in [0.4, 0.5) is 11.4 Å². The number of benzene rings is 1. The number of nitrogens with one attached hydrogen (secondary N) is 4. The van der Waals surface area contributed by atoms with Gasteiger partial charge in [0.2, 0.25) is 0 Å². The fourth-order valence-corrected chi connectivity index (χ4v) is 2.79. The molecule has 3 aromatic rings. The van der Waals surface area contributed by atoms with Crippen molar-refractivity contribution in [3.05, 3.63) is 61.6 Å². The van der Waals surface area contributed by atoms with E-state index in [9.17, 15) is 19.7 Å². The van der Waals surface area contributed by atoms with Crippen LogP contribution in [-0.2, 0) is 7.05 Å². The predicted octanol–water partition coefficient (Wildman–Crippen LogP) is 1.45. The monoisotopic (exact) mass is 421 g/mol. The number of nitro groups is 1. The number of hydrazine groups is 1. The SMILES string of the molecule is Cn1cc(C(=O)NNC(=S)Nc2ccc3[nH]ncc3c2Cl)cc([N+](=O)[O-])c1=O. The number of anilines is 1. The molecule has 4 N–H and O–H groups in total. The van der Waals surface area contributed by atoms with Gasteiger partial charge in [-0.2, -0.15) is 5.10 Å². The number of thiocarbonyl (C=S) groups is 1. The Labute approximate surface area is 166 Å². The lowest BCUT2D eigenvalue weighted by molar-refractivity contribution is -0.386. The van der Waals surface area contributed by atoms with Crippen LogP contribution in [0.2, 0.25) is 5.02 Å². The van der Waals surface area contributed by atoms with Crippen molar-refractivity contribution in [3.8, 4) is 0 Å². The van der Waals surface area contributed by atoms with E-state index >= 15 is 0 Å². The first-order valence-corrected chi connectivity index (χ1v) is 8.40. The number of rotatable bonds is 3. The molecule has 1 amide bonds. The lowest BCUT2D eigenvalue weighted by atomic mass is 10.2. The molecule has 0 bridgehead atoms. The normalized spacial score (nSPS) is 10.5. The van der Waals surface area contributed by atoms with Crippen molar-refractivity contribution in [2.45, 2.75) is 0 Å². The van der Waals surface area contributed by atoms with Gasteiger partial charge in [-0.3, -0.25) is 35.7 Å². The maximum Gasteiger partial charge on any atom is 0.334 e. The highest BCUT2D eigenvalue weighted by Gasteiger charge is 2.18. The molecule has 1 aromatic carbocycles. The Morgan fingerprint density at radius 2 is 2.14 bits per heavy atom. The van der Waals surface area contributed by atoms with E-state index in [4.69, 9.17) is 23.8 Å². The summed E-state index contributed by atoms with van der Waals surface area (Å²) in [4.78, 5) is 34.0. The Balaban J connectivity index is 1.69. The van der Waals surface area contributed by atoms with Gasteiger partial charge in [0.1, 0.15) is 0 Å². The number of hydrogen-bond donors (Lipinski definition) is 4. The molecule has 13 heteroatoms. The summed E-state index contributed by atoms with van der Waals surface area (Å²) >= 11 is 11.4. The Morgan fingerprint density at radius 3 is 2.86 bits per heavy atom. The van der Waals surface area contributed by atoms with Gasteiger partial charge < -0.3 is 9.88 Å². The number of H-pyrrole nitrogens is 1. The minimum absolute atomic E-state index is 0.0254. The first kappa shape index (κ1) is 19.3. The molecule has 0 saturated heterocycles. The molecular weight excluding hydrogens is 410 g/mol. The number of aromatic nitrogens is 3. The van der Waals surface area contributed by atoms with Crippen LogP contribution in [0.1, 0.15) is 10.4 Å². The third-order valence-electron chi connectivity index (χ3n) is 3.72. The largest absolute Gasteiger partial charge is 0.334 e. The van der Waals surface area contributed by atoms with E-state index in [-0.39, 0.29) is 10.7 Å². The zero-order valence-electron chi connectivity index (χ0n) is 14.1. The van der Waals surface area contributed by atoms with Gasteiger partial charge in [-0.05, 0) is 24.4 Å². The summed E-state index contributed by atoms with van der Waals surface area (Å²) in [5, 5.41) is 21.5. The zero-order chi connectivity index (χ0) is 20.4. The maximum absolute atomic E-state index is 12.2. The van der Waals surface area contributed by atoms with Gasteiger partial charge in [0.25, 0.3) is 5.91 Å². The number of amides is 1. The molecule has 0 aliphatic heterocycles.